The summed E-state index contributed by atoms with van der Waals surface area (Å²) < 4.78 is 30.7. The first-order chi connectivity index (χ1) is 9.91. The first kappa shape index (κ1) is 15.5. The second-order valence-electron chi connectivity index (χ2n) is 4.81. The highest BCUT2D eigenvalue weighted by Gasteiger charge is 2.16. The van der Waals surface area contributed by atoms with Crippen LogP contribution in [-0.4, -0.2) is 31.8 Å². The van der Waals surface area contributed by atoms with E-state index >= 15 is 0 Å². The molecular formula is C15H18N2O3S. The van der Waals surface area contributed by atoms with Crippen molar-refractivity contribution in [1.82, 2.24) is 9.29 Å². The lowest BCUT2D eigenvalue weighted by molar-refractivity contribution is 0.300. The number of pyridine rings is 1. The van der Waals surface area contributed by atoms with Crippen LogP contribution in [0.2, 0.25) is 0 Å². The van der Waals surface area contributed by atoms with Gasteiger partial charge in [0.05, 0.1) is 10.6 Å². The van der Waals surface area contributed by atoms with Crippen molar-refractivity contribution in [2.45, 2.75) is 18.4 Å². The van der Waals surface area contributed by atoms with E-state index in [1.54, 1.807) is 18.3 Å². The molecule has 2 rings (SSSR count). The molecule has 0 aliphatic rings. The molecular weight excluding hydrogens is 288 g/mol. The Balaban J connectivity index is 2.09. The molecule has 0 amide bonds. The van der Waals surface area contributed by atoms with E-state index in [0.717, 1.165) is 11.3 Å². The van der Waals surface area contributed by atoms with Crippen LogP contribution >= 0.6 is 0 Å². The first-order valence-electron chi connectivity index (χ1n) is 6.47. The molecule has 2 aromatic rings. The minimum Gasteiger partial charge on any atom is -0.487 e. The van der Waals surface area contributed by atoms with E-state index in [-0.39, 0.29) is 4.90 Å². The molecule has 21 heavy (non-hydrogen) atoms. The Morgan fingerprint density at radius 2 is 1.81 bits per heavy atom. The van der Waals surface area contributed by atoms with Gasteiger partial charge in [-0.3, -0.25) is 4.98 Å². The lowest BCUT2D eigenvalue weighted by Gasteiger charge is -2.12. The van der Waals surface area contributed by atoms with Crippen molar-refractivity contribution in [1.29, 1.82) is 0 Å². The van der Waals surface area contributed by atoms with Crippen LogP contribution in [0.4, 0.5) is 0 Å². The quantitative estimate of drug-likeness (QED) is 0.850. The topological polar surface area (TPSA) is 59.5 Å². The number of ether oxygens (including phenoxy) is 1. The number of aryl methyl sites for hydroxylation is 1. The van der Waals surface area contributed by atoms with Gasteiger partial charge < -0.3 is 4.74 Å². The summed E-state index contributed by atoms with van der Waals surface area (Å²) in [6.07, 6.45) is 1.72. The number of sulfonamides is 1. The van der Waals surface area contributed by atoms with Crippen LogP contribution in [0.15, 0.2) is 47.5 Å². The Kier molecular flexibility index (Phi) is 4.59. The fourth-order valence-corrected chi connectivity index (χ4v) is 2.64. The Bertz CT molecular complexity index is 710. The summed E-state index contributed by atoms with van der Waals surface area (Å²) in [5, 5.41) is 0. The van der Waals surface area contributed by atoms with Crippen molar-refractivity contribution >= 4 is 10.0 Å². The molecule has 112 valence electrons. The Morgan fingerprint density at radius 3 is 2.38 bits per heavy atom. The Hall–Kier alpha value is -1.92. The monoisotopic (exact) mass is 306 g/mol. The summed E-state index contributed by atoms with van der Waals surface area (Å²) in [7, 11) is -0.395. The number of hydrogen-bond donors (Lipinski definition) is 0. The summed E-state index contributed by atoms with van der Waals surface area (Å²) in [5.74, 6) is 0.609. The Labute approximate surface area is 125 Å². The summed E-state index contributed by atoms with van der Waals surface area (Å²) in [4.78, 5) is 4.49. The maximum Gasteiger partial charge on any atom is 0.242 e. The van der Waals surface area contributed by atoms with Crippen molar-refractivity contribution in [2.75, 3.05) is 14.1 Å². The van der Waals surface area contributed by atoms with Crippen molar-refractivity contribution < 1.29 is 13.2 Å². The minimum absolute atomic E-state index is 0.244. The van der Waals surface area contributed by atoms with E-state index in [1.807, 2.05) is 19.1 Å². The summed E-state index contributed by atoms with van der Waals surface area (Å²) in [6, 6.07) is 10.2. The molecule has 0 atom stereocenters. The van der Waals surface area contributed by atoms with Gasteiger partial charge in [-0.15, -0.1) is 0 Å². The molecule has 0 unspecified atom stereocenters. The highest BCUT2D eigenvalue weighted by atomic mass is 32.2. The average Bonchev–Trinajstić information content (AvgIpc) is 2.46. The van der Waals surface area contributed by atoms with Crippen LogP contribution in [0.3, 0.4) is 0 Å². The number of rotatable bonds is 5. The Morgan fingerprint density at radius 1 is 1.14 bits per heavy atom. The van der Waals surface area contributed by atoms with Gasteiger partial charge in [0.1, 0.15) is 12.4 Å². The fraction of sp³-hybridized carbons (Fsp3) is 0.267. The zero-order valence-corrected chi connectivity index (χ0v) is 13.1. The van der Waals surface area contributed by atoms with E-state index in [1.165, 1.54) is 30.5 Å². The molecule has 1 heterocycles. The number of nitrogens with zero attached hydrogens (tertiary/aromatic N) is 2. The number of benzene rings is 1. The molecule has 0 aliphatic carbocycles. The average molecular weight is 306 g/mol. The van der Waals surface area contributed by atoms with Crippen LogP contribution in [0.5, 0.6) is 5.75 Å². The molecule has 0 N–H and O–H groups in total. The zero-order valence-electron chi connectivity index (χ0n) is 12.3. The standard InChI is InChI=1S/C15H18N2O3S/c1-12-5-4-10-16-15(12)11-20-13-6-8-14(9-7-13)21(18,19)17(2)3/h4-10H,11H2,1-3H3. The summed E-state index contributed by atoms with van der Waals surface area (Å²) >= 11 is 0. The summed E-state index contributed by atoms with van der Waals surface area (Å²) in [5.41, 5.74) is 1.92. The molecule has 0 bridgehead atoms. The van der Waals surface area contributed by atoms with Crippen molar-refractivity contribution in [3.05, 3.63) is 53.9 Å². The van der Waals surface area contributed by atoms with Gasteiger partial charge in [-0.2, -0.15) is 0 Å². The molecule has 0 radical (unpaired) electrons. The van der Waals surface area contributed by atoms with Crippen LogP contribution < -0.4 is 4.74 Å². The van der Waals surface area contributed by atoms with Crippen molar-refractivity contribution in [2.24, 2.45) is 0 Å². The van der Waals surface area contributed by atoms with Crippen molar-refractivity contribution in [3.63, 3.8) is 0 Å². The van der Waals surface area contributed by atoms with Gasteiger partial charge >= 0.3 is 0 Å². The SMILES string of the molecule is Cc1cccnc1COc1ccc(S(=O)(=O)N(C)C)cc1. The van der Waals surface area contributed by atoms with Gasteiger partial charge in [-0.05, 0) is 42.8 Å². The third kappa shape index (κ3) is 3.59. The molecule has 1 aromatic carbocycles. The predicted octanol–water partition coefficient (Wildman–Crippen LogP) is 2.22. The molecule has 0 saturated carbocycles. The van der Waals surface area contributed by atoms with Gasteiger partial charge in [0.25, 0.3) is 0 Å². The van der Waals surface area contributed by atoms with Crippen LogP contribution in [0, 0.1) is 6.92 Å². The maximum absolute atomic E-state index is 11.9. The van der Waals surface area contributed by atoms with Crippen LogP contribution in [-0.2, 0) is 16.6 Å². The van der Waals surface area contributed by atoms with E-state index in [4.69, 9.17) is 4.74 Å². The van der Waals surface area contributed by atoms with E-state index in [9.17, 15) is 8.42 Å². The first-order valence-corrected chi connectivity index (χ1v) is 7.91. The van der Waals surface area contributed by atoms with Gasteiger partial charge in [0, 0.05) is 20.3 Å². The minimum atomic E-state index is -3.40. The number of hydrogen-bond acceptors (Lipinski definition) is 4. The molecule has 5 nitrogen and oxygen atoms in total. The smallest absolute Gasteiger partial charge is 0.242 e. The van der Waals surface area contributed by atoms with Crippen LogP contribution in [0.1, 0.15) is 11.3 Å². The highest BCUT2D eigenvalue weighted by Crippen LogP contribution is 2.19. The van der Waals surface area contributed by atoms with Gasteiger partial charge in [-0.25, -0.2) is 12.7 Å². The van der Waals surface area contributed by atoms with Gasteiger partial charge in [-0.1, -0.05) is 6.07 Å². The van der Waals surface area contributed by atoms with Crippen molar-refractivity contribution in [3.8, 4) is 5.75 Å². The zero-order chi connectivity index (χ0) is 15.5. The molecule has 0 fully saturated rings. The lowest BCUT2D eigenvalue weighted by Crippen LogP contribution is -2.22. The largest absolute Gasteiger partial charge is 0.487 e. The number of aromatic nitrogens is 1. The lowest BCUT2D eigenvalue weighted by atomic mass is 10.2. The normalized spacial score (nSPS) is 11.6. The molecule has 0 saturated heterocycles. The molecule has 1 aromatic heterocycles. The third-order valence-corrected chi connectivity index (χ3v) is 4.93. The molecule has 0 spiro atoms. The highest BCUT2D eigenvalue weighted by molar-refractivity contribution is 7.89. The maximum atomic E-state index is 11.9. The van der Waals surface area contributed by atoms with E-state index in [2.05, 4.69) is 4.98 Å². The predicted molar refractivity (Wildman–Crippen MR) is 80.6 cm³/mol. The second kappa shape index (κ2) is 6.24. The molecule has 6 heteroatoms. The molecule has 0 aliphatic heterocycles. The van der Waals surface area contributed by atoms with E-state index in [0.29, 0.717) is 12.4 Å². The summed E-state index contributed by atoms with van der Waals surface area (Å²) in [6.45, 7) is 2.32. The van der Waals surface area contributed by atoms with Crippen LogP contribution in [0.25, 0.3) is 0 Å². The third-order valence-electron chi connectivity index (χ3n) is 3.10. The second-order valence-corrected chi connectivity index (χ2v) is 6.97. The van der Waals surface area contributed by atoms with E-state index < -0.39 is 10.0 Å². The van der Waals surface area contributed by atoms with Gasteiger partial charge in [0.15, 0.2) is 0 Å². The van der Waals surface area contributed by atoms with Gasteiger partial charge in [0.2, 0.25) is 10.0 Å². The fourth-order valence-electron chi connectivity index (χ4n) is 1.74.